The van der Waals surface area contributed by atoms with Gasteiger partial charge in [-0.1, -0.05) is 6.07 Å². The molecule has 0 aliphatic heterocycles. The monoisotopic (exact) mass is 192 g/mol. The molecule has 0 bridgehead atoms. The smallest absolute Gasteiger partial charge is 0.223 e. The molecule has 0 radical (unpaired) electrons. The molecule has 0 saturated heterocycles. The van der Waals surface area contributed by atoms with Crippen LogP contribution in [0.4, 0.5) is 5.95 Å². The number of hydrogen-bond acceptors (Lipinski definition) is 5. The Bertz CT molecular complexity index is 390. The third kappa shape index (κ3) is 1.65. The first-order valence-electron chi connectivity index (χ1n) is 3.78. The fourth-order valence-corrected chi connectivity index (χ4v) is 1.68. The summed E-state index contributed by atoms with van der Waals surface area (Å²) in [6, 6.07) is 3.91. The van der Waals surface area contributed by atoms with Gasteiger partial charge in [-0.2, -0.15) is 9.97 Å². The summed E-state index contributed by atoms with van der Waals surface area (Å²) in [7, 11) is 0. The molecule has 2 N–H and O–H groups in total. The fourth-order valence-electron chi connectivity index (χ4n) is 1.02. The molecule has 0 fully saturated rings. The third-order valence-electron chi connectivity index (χ3n) is 1.51. The molecule has 2 aromatic rings. The van der Waals surface area contributed by atoms with E-state index in [1.165, 1.54) is 0 Å². The van der Waals surface area contributed by atoms with Crippen molar-refractivity contribution in [3.8, 4) is 10.7 Å². The van der Waals surface area contributed by atoms with Crippen LogP contribution in [0.1, 0.15) is 5.82 Å². The average Bonchev–Trinajstić information content (AvgIpc) is 2.53. The highest BCUT2D eigenvalue weighted by Gasteiger charge is 2.04. The van der Waals surface area contributed by atoms with E-state index in [2.05, 4.69) is 15.0 Å². The Labute approximate surface area is 79.5 Å². The first-order chi connectivity index (χ1) is 6.25. The zero-order valence-electron chi connectivity index (χ0n) is 7.06. The van der Waals surface area contributed by atoms with Crippen molar-refractivity contribution < 1.29 is 0 Å². The molecular weight excluding hydrogens is 184 g/mol. The maximum Gasteiger partial charge on any atom is 0.223 e. The lowest BCUT2D eigenvalue weighted by molar-refractivity contribution is 1.000. The lowest BCUT2D eigenvalue weighted by atomic mass is 10.4. The van der Waals surface area contributed by atoms with E-state index < -0.39 is 0 Å². The Morgan fingerprint density at radius 2 is 2.15 bits per heavy atom. The molecule has 2 rings (SSSR count). The van der Waals surface area contributed by atoms with E-state index in [1.807, 2.05) is 17.5 Å². The van der Waals surface area contributed by atoms with E-state index >= 15 is 0 Å². The summed E-state index contributed by atoms with van der Waals surface area (Å²) in [6.45, 7) is 1.80. The predicted octanol–water partition coefficient (Wildman–Crippen LogP) is 1.49. The van der Waals surface area contributed by atoms with Crippen LogP contribution >= 0.6 is 11.3 Å². The van der Waals surface area contributed by atoms with Gasteiger partial charge in [0.15, 0.2) is 5.82 Å². The Kier molecular flexibility index (Phi) is 1.94. The number of nitrogen functional groups attached to an aromatic ring is 1. The predicted molar refractivity (Wildman–Crippen MR) is 52.3 cm³/mol. The highest BCUT2D eigenvalue weighted by molar-refractivity contribution is 7.13. The highest BCUT2D eigenvalue weighted by Crippen LogP contribution is 2.20. The molecule has 2 aromatic heterocycles. The molecule has 0 amide bonds. The molecule has 0 spiro atoms. The molecule has 0 aliphatic rings. The van der Waals surface area contributed by atoms with E-state index in [-0.39, 0.29) is 5.95 Å². The van der Waals surface area contributed by atoms with Crippen molar-refractivity contribution in [2.24, 2.45) is 0 Å². The van der Waals surface area contributed by atoms with E-state index in [1.54, 1.807) is 18.3 Å². The maximum atomic E-state index is 5.51. The molecule has 66 valence electrons. The number of nitrogens with zero attached hydrogens (tertiary/aromatic N) is 3. The van der Waals surface area contributed by atoms with Gasteiger partial charge in [-0.05, 0) is 18.4 Å². The molecule has 0 unspecified atom stereocenters. The van der Waals surface area contributed by atoms with Gasteiger partial charge in [0.2, 0.25) is 5.95 Å². The van der Waals surface area contributed by atoms with Crippen LogP contribution in [0.3, 0.4) is 0 Å². The Hall–Kier alpha value is -1.49. The van der Waals surface area contributed by atoms with Crippen LogP contribution in [0.2, 0.25) is 0 Å². The van der Waals surface area contributed by atoms with Crippen molar-refractivity contribution in [3.63, 3.8) is 0 Å². The number of rotatable bonds is 1. The Morgan fingerprint density at radius 1 is 1.31 bits per heavy atom. The number of hydrogen-bond donors (Lipinski definition) is 1. The minimum atomic E-state index is 0.274. The molecule has 0 atom stereocenters. The summed E-state index contributed by atoms with van der Waals surface area (Å²) >= 11 is 1.59. The third-order valence-corrected chi connectivity index (χ3v) is 2.37. The average molecular weight is 192 g/mol. The van der Waals surface area contributed by atoms with Gasteiger partial charge in [0.1, 0.15) is 5.82 Å². The van der Waals surface area contributed by atoms with E-state index in [0.717, 1.165) is 4.88 Å². The van der Waals surface area contributed by atoms with Gasteiger partial charge < -0.3 is 5.73 Å². The summed E-state index contributed by atoms with van der Waals surface area (Å²) < 4.78 is 0. The maximum absolute atomic E-state index is 5.51. The Balaban J connectivity index is 2.53. The fraction of sp³-hybridized carbons (Fsp3) is 0.125. The summed E-state index contributed by atoms with van der Waals surface area (Å²) in [5, 5.41) is 1.98. The van der Waals surface area contributed by atoms with Gasteiger partial charge in [0, 0.05) is 0 Å². The second kappa shape index (κ2) is 3.10. The van der Waals surface area contributed by atoms with Crippen molar-refractivity contribution in [2.45, 2.75) is 6.92 Å². The molecule has 0 aliphatic carbocycles. The van der Waals surface area contributed by atoms with Crippen LogP contribution in [0, 0.1) is 6.92 Å². The summed E-state index contributed by atoms with van der Waals surface area (Å²) in [6.07, 6.45) is 0. The Morgan fingerprint density at radius 3 is 2.77 bits per heavy atom. The first-order valence-corrected chi connectivity index (χ1v) is 4.66. The molecule has 13 heavy (non-hydrogen) atoms. The molecule has 0 saturated carbocycles. The zero-order valence-corrected chi connectivity index (χ0v) is 7.88. The van der Waals surface area contributed by atoms with Gasteiger partial charge in [-0.15, -0.1) is 11.3 Å². The molecule has 0 aromatic carbocycles. The van der Waals surface area contributed by atoms with Crippen molar-refractivity contribution >= 4 is 17.3 Å². The zero-order chi connectivity index (χ0) is 9.26. The lowest BCUT2D eigenvalue weighted by Crippen LogP contribution is -2.00. The largest absolute Gasteiger partial charge is 0.368 e. The number of aryl methyl sites for hydroxylation is 1. The van der Waals surface area contributed by atoms with E-state index in [0.29, 0.717) is 11.6 Å². The standard InChI is InChI=1S/C8H8N4S/c1-5-10-7(12-8(9)11-5)6-3-2-4-13-6/h2-4H,1H3,(H2,9,10,11,12). The van der Waals surface area contributed by atoms with Crippen LogP contribution < -0.4 is 5.73 Å². The van der Waals surface area contributed by atoms with E-state index in [9.17, 15) is 0 Å². The van der Waals surface area contributed by atoms with Crippen LogP contribution in [0.15, 0.2) is 17.5 Å². The summed E-state index contributed by atoms with van der Waals surface area (Å²) in [5.74, 6) is 1.58. The van der Waals surface area contributed by atoms with Crippen molar-refractivity contribution in [1.82, 2.24) is 15.0 Å². The second-order valence-electron chi connectivity index (χ2n) is 2.54. The van der Waals surface area contributed by atoms with Crippen molar-refractivity contribution in [2.75, 3.05) is 5.73 Å². The lowest BCUT2D eigenvalue weighted by Gasteiger charge is -1.98. The van der Waals surface area contributed by atoms with Gasteiger partial charge in [0.25, 0.3) is 0 Å². The topological polar surface area (TPSA) is 64.7 Å². The van der Waals surface area contributed by atoms with Crippen LogP contribution in [-0.2, 0) is 0 Å². The number of nitrogens with two attached hydrogens (primary N) is 1. The normalized spacial score (nSPS) is 10.2. The molecule has 4 nitrogen and oxygen atoms in total. The SMILES string of the molecule is Cc1nc(N)nc(-c2cccs2)n1. The highest BCUT2D eigenvalue weighted by atomic mass is 32.1. The number of anilines is 1. The van der Waals surface area contributed by atoms with E-state index in [4.69, 9.17) is 5.73 Å². The summed E-state index contributed by atoms with van der Waals surface area (Å²) in [4.78, 5) is 13.1. The molecule has 2 heterocycles. The van der Waals surface area contributed by atoms with Crippen LogP contribution in [0.25, 0.3) is 10.7 Å². The number of aromatic nitrogens is 3. The summed E-state index contributed by atoms with van der Waals surface area (Å²) in [5.41, 5.74) is 5.51. The number of thiophene rings is 1. The van der Waals surface area contributed by atoms with Gasteiger partial charge in [-0.25, -0.2) is 4.98 Å². The molecule has 5 heteroatoms. The van der Waals surface area contributed by atoms with Gasteiger partial charge in [0.05, 0.1) is 4.88 Å². The van der Waals surface area contributed by atoms with Crippen LogP contribution in [-0.4, -0.2) is 15.0 Å². The minimum absolute atomic E-state index is 0.274. The van der Waals surface area contributed by atoms with Crippen molar-refractivity contribution in [1.29, 1.82) is 0 Å². The van der Waals surface area contributed by atoms with Gasteiger partial charge in [-0.3, -0.25) is 0 Å². The second-order valence-corrected chi connectivity index (χ2v) is 3.49. The first kappa shape index (κ1) is 8.12. The quantitative estimate of drug-likeness (QED) is 0.743. The van der Waals surface area contributed by atoms with Crippen LogP contribution in [0.5, 0.6) is 0 Å². The van der Waals surface area contributed by atoms with Crippen molar-refractivity contribution in [3.05, 3.63) is 23.3 Å². The van der Waals surface area contributed by atoms with Gasteiger partial charge >= 0.3 is 0 Å². The minimum Gasteiger partial charge on any atom is -0.368 e. The molecular formula is C8H8N4S.